The molecule has 1 aromatic carbocycles. The molecule has 0 radical (unpaired) electrons. The van der Waals surface area contributed by atoms with Gasteiger partial charge >= 0.3 is 0 Å². The van der Waals surface area contributed by atoms with Crippen LogP contribution < -0.4 is 15.2 Å². The van der Waals surface area contributed by atoms with Gasteiger partial charge in [0.05, 0.1) is 31.9 Å². The summed E-state index contributed by atoms with van der Waals surface area (Å²) in [5.41, 5.74) is 4.25. The predicted molar refractivity (Wildman–Crippen MR) is 105 cm³/mol. The Bertz CT molecular complexity index is 839. The van der Waals surface area contributed by atoms with Gasteiger partial charge in [-0.15, -0.1) is 0 Å². The summed E-state index contributed by atoms with van der Waals surface area (Å²) in [6.45, 7) is 10.8. The molecule has 0 saturated carbocycles. The van der Waals surface area contributed by atoms with Crippen molar-refractivity contribution in [2.24, 2.45) is 5.92 Å². The smallest absolute Gasteiger partial charge is 0.198 e. The number of aromatic nitrogens is 1. The summed E-state index contributed by atoms with van der Waals surface area (Å²) in [6.07, 6.45) is 2.59. The average molecular weight is 356 g/mol. The number of rotatable bonds is 3. The van der Waals surface area contributed by atoms with Crippen molar-refractivity contribution in [1.82, 2.24) is 4.98 Å². The monoisotopic (exact) mass is 356 g/mol. The Balaban J connectivity index is 1.67. The fourth-order valence-corrected chi connectivity index (χ4v) is 4.48. The van der Waals surface area contributed by atoms with E-state index in [1.54, 1.807) is 4.90 Å². The fourth-order valence-electron chi connectivity index (χ4n) is 4.48. The Kier molecular flexibility index (Phi) is 5.00. The van der Waals surface area contributed by atoms with Crippen molar-refractivity contribution >= 4 is 16.6 Å². The molecule has 26 heavy (non-hydrogen) atoms. The van der Waals surface area contributed by atoms with Crippen LogP contribution in [0.2, 0.25) is 0 Å². The van der Waals surface area contributed by atoms with Crippen LogP contribution in [0, 0.1) is 12.8 Å². The number of hydrogen-bond acceptors (Lipinski definition) is 3. The molecule has 2 saturated heterocycles. The van der Waals surface area contributed by atoms with Crippen LogP contribution in [-0.4, -0.2) is 44.4 Å². The lowest BCUT2D eigenvalue weighted by Gasteiger charge is -2.29. The molecular formula is C21H30N3O2+. The van der Waals surface area contributed by atoms with E-state index in [0.29, 0.717) is 0 Å². The van der Waals surface area contributed by atoms with E-state index in [0.717, 1.165) is 66.6 Å². The zero-order valence-corrected chi connectivity index (χ0v) is 15.9. The van der Waals surface area contributed by atoms with Crippen molar-refractivity contribution in [3.8, 4) is 0 Å². The minimum Gasteiger partial charge on any atom is -0.378 e. The van der Waals surface area contributed by atoms with E-state index < -0.39 is 0 Å². The molecule has 5 heteroatoms. The van der Waals surface area contributed by atoms with E-state index in [9.17, 15) is 4.79 Å². The quantitative estimate of drug-likeness (QED) is 0.876. The first kappa shape index (κ1) is 17.6. The van der Waals surface area contributed by atoms with Crippen LogP contribution in [0.3, 0.4) is 0 Å². The van der Waals surface area contributed by atoms with Crippen LogP contribution in [0.4, 0.5) is 5.69 Å². The molecule has 0 aliphatic carbocycles. The largest absolute Gasteiger partial charge is 0.378 e. The first-order valence-electron chi connectivity index (χ1n) is 9.93. The molecule has 4 rings (SSSR count). The van der Waals surface area contributed by atoms with Crippen molar-refractivity contribution in [2.45, 2.75) is 33.2 Å². The number of quaternary nitrogens is 1. The van der Waals surface area contributed by atoms with Crippen LogP contribution in [-0.2, 0) is 11.3 Å². The van der Waals surface area contributed by atoms with Gasteiger partial charge in [-0.1, -0.05) is 6.92 Å². The zero-order chi connectivity index (χ0) is 18.1. The molecule has 2 fully saturated rings. The third-order valence-corrected chi connectivity index (χ3v) is 5.96. The number of hydrogen-bond donors (Lipinski definition) is 2. The maximum absolute atomic E-state index is 13.3. The second-order valence-corrected chi connectivity index (χ2v) is 8.02. The number of nitrogens with zero attached hydrogens (tertiary/aromatic N) is 1. The third kappa shape index (κ3) is 3.51. The molecule has 0 spiro atoms. The number of morpholine rings is 1. The molecule has 3 heterocycles. The highest BCUT2D eigenvalue weighted by Crippen LogP contribution is 2.21. The molecule has 2 N–H and O–H groups in total. The van der Waals surface area contributed by atoms with Crippen LogP contribution >= 0.6 is 0 Å². The van der Waals surface area contributed by atoms with E-state index >= 15 is 0 Å². The topological polar surface area (TPSA) is 49.8 Å². The molecule has 0 amide bonds. The minimum atomic E-state index is 0.206. The van der Waals surface area contributed by atoms with Crippen LogP contribution in [0.1, 0.15) is 31.0 Å². The summed E-state index contributed by atoms with van der Waals surface area (Å²) >= 11 is 0. The number of benzene rings is 1. The van der Waals surface area contributed by atoms with Crippen molar-refractivity contribution in [1.29, 1.82) is 0 Å². The average Bonchev–Trinajstić information content (AvgIpc) is 2.66. The van der Waals surface area contributed by atoms with Gasteiger partial charge in [0.2, 0.25) is 0 Å². The SMILES string of the molecule is Cc1[nH]c2ccc(N3CCOCC3)cc2c(=O)c1C[NH+]1CCC[C@H](C)C1. The van der Waals surface area contributed by atoms with Gasteiger partial charge in [-0.2, -0.15) is 0 Å². The van der Waals surface area contributed by atoms with Gasteiger partial charge in [0.15, 0.2) is 5.43 Å². The Morgan fingerprint density at radius 3 is 2.88 bits per heavy atom. The molecule has 5 nitrogen and oxygen atoms in total. The predicted octanol–water partition coefficient (Wildman–Crippen LogP) is 1.49. The van der Waals surface area contributed by atoms with Gasteiger partial charge in [-0.25, -0.2) is 0 Å². The highest BCUT2D eigenvalue weighted by Gasteiger charge is 2.22. The summed E-state index contributed by atoms with van der Waals surface area (Å²) in [4.78, 5) is 20.6. The van der Waals surface area contributed by atoms with Crippen molar-refractivity contribution < 1.29 is 9.64 Å². The number of aryl methyl sites for hydroxylation is 1. The van der Waals surface area contributed by atoms with Crippen LogP contribution in [0.25, 0.3) is 10.9 Å². The third-order valence-electron chi connectivity index (χ3n) is 5.96. The van der Waals surface area contributed by atoms with Gasteiger partial charge in [-0.3, -0.25) is 4.79 Å². The number of likely N-dealkylation sites (tertiary alicyclic amines) is 1. The summed E-state index contributed by atoms with van der Waals surface area (Å²) in [6, 6.07) is 6.23. The first-order chi connectivity index (χ1) is 12.6. The first-order valence-corrected chi connectivity index (χ1v) is 9.93. The van der Waals surface area contributed by atoms with Crippen LogP contribution in [0.15, 0.2) is 23.0 Å². The second kappa shape index (κ2) is 7.41. The van der Waals surface area contributed by atoms with Gasteiger partial charge in [0, 0.05) is 41.3 Å². The van der Waals surface area contributed by atoms with Crippen molar-refractivity contribution in [3.05, 3.63) is 39.7 Å². The highest BCUT2D eigenvalue weighted by atomic mass is 16.5. The zero-order valence-electron chi connectivity index (χ0n) is 15.9. The number of piperidine rings is 1. The maximum atomic E-state index is 13.3. The van der Waals surface area contributed by atoms with Gasteiger partial charge in [-0.05, 0) is 38.0 Å². The molecule has 2 aliphatic heterocycles. The molecular weight excluding hydrogens is 326 g/mol. The van der Waals surface area contributed by atoms with E-state index in [-0.39, 0.29) is 5.43 Å². The van der Waals surface area contributed by atoms with Gasteiger partial charge < -0.3 is 19.5 Å². The van der Waals surface area contributed by atoms with E-state index in [2.05, 4.69) is 28.9 Å². The lowest BCUT2D eigenvalue weighted by atomic mass is 9.99. The number of fused-ring (bicyclic) bond motifs is 1. The minimum absolute atomic E-state index is 0.206. The van der Waals surface area contributed by atoms with E-state index in [4.69, 9.17) is 4.74 Å². The molecule has 1 unspecified atom stereocenters. The number of ether oxygens (including phenoxy) is 1. The van der Waals surface area contributed by atoms with Crippen LogP contribution in [0.5, 0.6) is 0 Å². The molecule has 140 valence electrons. The molecule has 2 aliphatic rings. The van der Waals surface area contributed by atoms with E-state index in [1.165, 1.54) is 25.9 Å². The number of pyridine rings is 1. The Morgan fingerprint density at radius 2 is 2.12 bits per heavy atom. The van der Waals surface area contributed by atoms with Crippen molar-refractivity contribution in [3.63, 3.8) is 0 Å². The Hall–Kier alpha value is -1.85. The second-order valence-electron chi connectivity index (χ2n) is 8.02. The summed E-state index contributed by atoms with van der Waals surface area (Å²) in [5.74, 6) is 0.756. The lowest BCUT2D eigenvalue weighted by Crippen LogP contribution is -3.12. The summed E-state index contributed by atoms with van der Waals surface area (Å²) in [5, 5.41) is 0.819. The molecule has 2 aromatic rings. The lowest BCUT2D eigenvalue weighted by molar-refractivity contribution is -0.922. The normalized spacial score (nSPS) is 24.2. The summed E-state index contributed by atoms with van der Waals surface area (Å²) in [7, 11) is 0. The molecule has 1 aromatic heterocycles. The maximum Gasteiger partial charge on any atom is 0.198 e. The Labute approximate surface area is 154 Å². The fraction of sp³-hybridized carbons (Fsp3) is 0.571. The Morgan fingerprint density at radius 1 is 1.31 bits per heavy atom. The number of H-pyrrole nitrogens is 1. The van der Waals surface area contributed by atoms with Gasteiger partial charge in [0.1, 0.15) is 6.54 Å². The van der Waals surface area contributed by atoms with Crippen molar-refractivity contribution in [2.75, 3.05) is 44.3 Å². The number of aromatic amines is 1. The highest BCUT2D eigenvalue weighted by molar-refractivity contribution is 5.83. The van der Waals surface area contributed by atoms with Gasteiger partial charge in [0.25, 0.3) is 0 Å². The number of nitrogens with one attached hydrogen (secondary N) is 2. The summed E-state index contributed by atoms with van der Waals surface area (Å²) < 4.78 is 5.45. The number of anilines is 1. The van der Waals surface area contributed by atoms with E-state index in [1.807, 2.05) is 13.0 Å². The molecule has 0 bridgehead atoms. The molecule has 2 atom stereocenters. The standard InChI is InChI=1S/C21H29N3O2/c1-15-4-3-7-23(13-15)14-19-16(2)22-20-6-5-17(12-18(20)21(19)25)24-8-10-26-11-9-24/h5-6,12,15H,3-4,7-11,13-14H2,1-2H3,(H,22,25)/p+1/t15-/m0/s1.